The Morgan fingerprint density at radius 1 is 1.36 bits per heavy atom. The minimum absolute atomic E-state index is 0.0150. The molecule has 1 heterocycles. The van der Waals surface area contributed by atoms with Gasteiger partial charge in [0.1, 0.15) is 11.5 Å². The highest BCUT2D eigenvalue weighted by Gasteiger charge is 2.23. The molecule has 1 rings (SSSR count). The molecule has 1 aromatic rings. The molecule has 0 aliphatic rings. The Balaban J connectivity index is 3.15. The first kappa shape index (κ1) is 18.9. The fourth-order valence-electron chi connectivity index (χ4n) is 1.33. The van der Waals surface area contributed by atoms with Gasteiger partial charge in [-0.3, -0.25) is 19.1 Å². The lowest BCUT2D eigenvalue weighted by molar-refractivity contribution is 0.188. The zero-order valence-corrected chi connectivity index (χ0v) is 13.5. The van der Waals surface area contributed by atoms with Crippen molar-refractivity contribution in [3.63, 3.8) is 0 Å². The molecule has 0 amide bonds. The van der Waals surface area contributed by atoms with E-state index in [-0.39, 0.29) is 22.6 Å². The Bertz CT molecular complexity index is 665. The van der Waals surface area contributed by atoms with Crippen LogP contribution >= 0.6 is 15.4 Å². The molecular formula is C10H16N2O8P2. The van der Waals surface area contributed by atoms with Gasteiger partial charge in [-0.05, 0) is 13.8 Å². The molecule has 22 heavy (non-hydrogen) atoms. The molecular weight excluding hydrogens is 338 g/mol. The highest BCUT2D eigenvalue weighted by atomic mass is 31.2. The van der Waals surface area contributed by atoms with Crippen molar-refractivity contribution in [3.05, 3.63) is 23.0 Å². The Kier molecular flexibility index (Phi) is 6.00. The number of aromatic hydroxyl groups is 1. The Labute approximate surface area is 125 Å². The molecule has 1 aromatic heterocycles. The zero-order valence-electron chi connectivity index (χ0n) is 11.7. The largest absolute Gasteiger partial charge is 0.505 e. The van der Waals surface area contributed by atoms with Gasteiger partial charge in [-0.1, -0.05) is 0 Å². The van der Waals surface area contributed by atoms with E-state index in [0.29, 0.717) is 0 Å². The van der Waals surface area contributed by atoms with Crippen LogP contribution in [0.1, 0.15) is 23.7 Å². The molecule has 0 spiro atoms. The lowest BCUT2D eigenvalue weighted by Crippen LogP contribution is -2.03. The predicted molar refractivity (Wildman–Crippen MR) is 76.6 cm³/mol. The van der Waals surface area contributed by atoms with E-state index in [9.17, 15) is 14.2 Å². The third-order valence-corrected chi connectivity index (χ3v) is 4.22. The van der Waals surface area contributed by atoms with E-state index in [1.807, 2.05) is 0 Å². The van der Waals surface area contributed by atoms with Crippen molar-refractivity contribution in [2.75, 3.05) is 0 Å². The van der Waals surface area contributed by atoms with E-state index in [0.717, 1.165) is 6.21 Å². The topological polar surface area (TPSA) is 170 Å². The van der Waals surface area contributed by atoms with Gasteiger partial charge in [-0.15, -0.1) is 0 Å². The number of hydrogen-bond donors (Lipinski definition) is 5. The minimum Gasteiger partial charge on any atom is -0.505 e. The van der Waals surface area contributed by atoms with E-state index in [1.165, 1.54) is 20.0 Å². The normalized spacial score (nSPS) is 14.5. The van der Waals surface area contributed by atoms with E-state index in [4.69, 9.17) is 19.6 Å². The van der Waals surface area contributed by atoms with Gasteiger partial charge in [-0.2, -0.15) is 0 Å². The van der Waals surface area contributed by atoms with Gasteiger partial charge < -0.3 is 24.7 Å². The number of phosphoric ester groups is 1. The van der Waals surface area contributed by atoms with Crippen molar-refractivity contribution in [1.29, 1.82) is 0 Å². The van der Waals surface area contributed by atoms with E-state index in [1.54, 1.807) is 0 Å². The summed E-state index contributed by atoms with van der Waals surface area (Å²) in [4.78, 5) is 42.8. The van der Waals surface area contributed by atoms with Gasteiger partial charge in [0.25, 0.3) is 0 Å². The molecule has 5 N–H and O–H groups in total. The second kappa shape index (κ2) is 6.97. The van der Waals surface area contributed by atoms with E-state index in [2.05, 4.69) is 14.5 Å². The van der Waals surface area contributed by atoms with Crippen LogP contribution in [0.4, 0.5) is 0 Å². The van der Waals surface area contributed by atoms with Crippen LogP contribution in [0, 0.1) is 6.92 Å². The molecule has 0 radical (unpaired) electrons. The van der Waals surface area contributed by atoms with Crippen molar-refractivity contribution in [2.24, 2.45) is 4.99 Å². The third kappa shape index (κ3) is 5.58. The first-order valence-electron chi connectivity index (χ1n) is 5.87. The quantitative estimate of drug-likeness (QED) is 0.363. The molecule has 10 nitrogen and oxygen atoms in total. The molecule has 0 bridgehead atoms. The summed E-state index contributed by atoms with van der Waals surface area (Å²) in [5.41, 5.74) is 0.333. The molecule has 0 saturated carbocycles. The van der Waals surface area contributed by atoms with Gasteiger partial charge >= 0.3 is 15.4 Å². The van der Waals surface area contributed by atoms with Crippen LogP contribution in [0.3, 0.4) is 0 Å². The maximum atomic E-state index is 11.0. The first-order valence-corrected chi connectivity index (χ1v) is 9.09. The number of phosphoric acid groups is 1. The minimum atomic E-state index is -4.72. The third-order valence-electron chi connectivity index (χ3n) is 2.65. The number of aryl methyl sites for hydroxylation is 1. The fraction of sp³-hybridized carbons (Fsp3) is 0.400. The number of aliphatic imine (C=N–C) groups is 1. The molecule has 0 unspecified atom stereocenters. The SMILES string of the molecule is Cc1ncc(COP(=O)(O)O)c(/C=N/[C@H](C)P(=O)(O)O)c1O. The summed E-state index contributed by atoms with van der Waals surface area (Å²) < 4.78 is 26.1. The standard InChI is InChI=1S/C10H16N2O8P2/c1-6-10(13)9(4-12-7(2)21(14,15)16)8(3-11-6)5-20-22(17,18)19/h3-4,7,13H,5H2,1-2H3,(H2,14,15,16)(H2,17,18,19)/b12-4+/t7-/m0/s1. The maximum Gasteiger partial charge on any atom is 0.469 e. The van der Waals surface area contributed by atoms with Crippen LogP contribution in [0.15, 0.2) is 11.2 Å². The second-order valence-corrected chi connectivity index (χ2v) is 7.56. The maximum absolute atomic E-state index is 11.0. The summed E-state index contributed by atoms with van der Waals surface area (Å²) in [7, 11) is -9.15. The molecule has 0 aliphatic heterocycles. The van der Waals surface area contributed by atoms with Crippen molar-refractivity contribution in [3.8, 4) is 5.75 Å². The summed E-state index contributed by atoms with van der Waals surface area (Å²) in [5, 5.41) is 9.93. The molecule has 0 aliphatic carbocycles. The summed E-state index contributed by atoms with van der Waals surface area (Å²) in [6.07, 6.45) is 2.22. The monoisotopic (exact) mass is 354 g/mol. The predicted octanol–water partition coefficient (Wildman–Crippen LogP) is 0.648. The second-order valence-electron chi connectivity index (χ2n) is 4.39. The van der Waals surface area contributed by atoms with Crippen molar-refractivity contribution < 1.29 is 38.3 Å². The van der Waals surface area contributed by atoms with E-state index >= 15 is 0 Å². The number of pyridine rings is 1. The molecule has 0 fully saturated rings. The summed E-state index contributed by atoms with van der Waals surface area (Å²) >= 11 is 0. The average molecular weight is 354 g/mol. The summed E-state index contributed by atoms with van der Waals surface area (Å²) in [5.74, 6) is -1.66. The highest BCUT2D eigenvalue weighted by molar-refractivity contribution is 7.52. The van der Waals surface area contributed by atoms with Crippen LogP contribution in [-0.2, 0) is 20.3 Å². The van der Waals surface area contributed by atoms with Gasteiger partial charge in [0.05, 0.1) is 12.3 Å². The van der Waals surface area contributed by atoms with Gasteiger partial charge in [0.2, 0.25) is 0 Å². The fourth-order valence-corrected chi connectivity index (χ4v) is 1.88. The highest BCUT2D eigenvalue weighted by Crippen LogP contribution is 2.41. The summed E-state index contributed by atoms with van der Waals surface area (Å²) in [6.45, 7) is 2.11. The number of hydrogen-bond acceptors (Lipinski definition) is 6. The molecule has 12 heteroatoms. The van der Waals surface area contributed by atoms with Gasteiger partial charge in [-0.25, -0.2) is 4.57 Å². The Morgan fingerprint density at radius 2 is 1.95 bits per heavy atom. The molecule has 0 aromatic carbocycles. The Morgan fingerprint density at radius 3 is 2.45 bits per heavy atom. The molecule has 0 saturated heterocycles. The van der Waals surface area contributed by atoms with Gasteiger partial charge in [0, 0.05) is 23.5 Å². The smallest absolute Gasteiger partial charge is 0.469 e. The lowest BCUT2D eigenvalue weighted by Gasteiger charge is -2.12. The number of rotatable bonds is 6. The van der Waals surface area contributed by atoms with Crippen LogP contribution in [0.5, 0.6) is 5.75 Å². The Hall–Kier alpha value is -1.12. The number of nitrogens with zero attached hydrogens (tertiary/aromatic N) is 2. The summed E-state index contributed by atoms with van der Waals surface area (Å²) in [6, 6.07) is 0. The number of aromatic nitrogens is 1. The van der Waals surface area contributed by atoms with Crippen LogP contribution in [0.2, 0.25) is 0 Å². The van der Waals surface area contributed by atoms with Crippen molar-refractivity contribution in [2.45, 2.75) is 26.2 Å². The van der Waals surface area contributed by atoms with Crippen LogP contribution in [-0.4, -0.2) is 41.7 Å². The average Bonchev–Trinajstić information content (AvgIpc) is 2.36. The van der Waals surface area contributed by atoms with Crippen molar-refractivity contribution in [1.82, 2.24) is 4.98 Å². The first-order chi connectivity index (χ1) is 9.92. The van der Waals surface area contributed by atoms with Crippen LogP contribution in [0.25, 0.3) is 0 Å². The van der Waals surface area contributed by atoms with Crippen molar-refractivity contribution >= 4 is 21.6 Å². The lowest BCUT2D eigenvalue weighted by atomic mass is 10.1. The molecule has 1 atom stereocenters. The zero-order chi connectivity index (χ0) is 17.1. The molecule has 124 valence electrons. The van der Waals surface area contributed by atoms with E-state index < -0.39 is 27.8 Å². The van der Waals surface area contributed by atoms with Crippen LogP contribution < -0.4 is 0 Å². The van der Waals surface area contributed by atoms with Gasteiger partial charge in [0.15, 0.2) is 0 Å².